The molecule has 0 N–H and O–H groups in total. The number of hydrogen-bond donors (Lipinski definition) is 0. The number of hydrogen-bond acceptors (Lipinski definition) is 3. The van der Waals surface area contributed by atoms with Gasteiger partial charge in [0.2, 0.25) is 0 Å². The molecule has 0 aliphatic carbocycles. The molecule has 1 atom stereocenters. The molecule has 0 spiro atoms. The third-order valence-electron chi connectivity index (χ3n) is 4.94. The minimum Gasteiger partial charge on any atom is -0.487 e. The smallest absolute Gasteiger partial charge is 0.310 e. The average Bonchev–Trinajstić information content (AvgIpc) is 2.49. The summed E-state index contributed by atoms with van der Waals surface area (Å²) >= 11 is 0. The fourth-order valence-electron chi connectivity index (χ4n) is 2.42. The van der Waals surface area contributed by atoms with E-state index >= 15 is 0 Å². The van der Waals surface area contributed by atoms with E-state index in [1.165, 1.54) is 0 Å². The lowest BCUT2D eigenvalue weighted by atomic mass is 9.72. The predicted octanol–water partition coefficient (Wildman–Crippen LogP) is 4.78. The van der Waals surface area contributed by atoms with Crippen LogP contribution in [-0.4, -0.2) is 18.2 Å². The lowest BCUT2D eigenvalue weighted by Crippen LogP contribution is -2.46. The Balaban J connectivity index is 3.04. The highest BCUT2D eigenvalue weighted by molar-refractivity contribution is 5.73. The first-order valence-corrected chi connectivity index (χ1v) is 8.22. The molecule has 124 valence electrons. The number of ether oxygens (including phenoxy) is 2. The summed E-state index contributed by atoms with van der Waals surface area (Å²) in [7, 11) is 0. The van der Waals surface area contributed by atoms with Crippen LogP contribution in [0.3, 0.4) is 0 Å². The van der Waals surface area contributed by atoms with Gasteiger partial charge in [0.15, 0.2) is 0 Å². The zero-order valence-electron chi connectivity index (χ0n) is 14.9. The molecule has 22 heavy (non-hydrogen) atoms. The molecule has 1 aromatic carbocycles. The third-order valence-corrected chi connectivity index (χ3v) is 4.94. The Morgan fingerprint density at radius 3 is 2.23 bits per heavy atom. The van der Waals surface area contributed by atoms with Crippen molar-refractivity contribution in [3.05, 3.63) is 29.8 Å². The molecule has 0 aliphatic rings. The highest BCUT2D eigenvalue weighted by Crippen LogP contribution is 2.40. The van der Waals surface area contributed by atoms with Crippen LogP contribution >= 0.6 is 0 Å². The molecular weight excluding hydrogens is 276 g/mol. The van der Waals surface area contributed by atoms with Crippen LogP contribution in [0.4, 0.5) is 0 Å². The molecule has 0 amide bonds. The van der Waals surface area contributed by atoms with Crippen molar-refractivity contribution in [1.29, 1.82) is 0 Å². The van der Waals surface area contributed by atoms with Crippen LogP contribution in [0.25, 0.3) is 0 Å². The zero-order valence-corrected chi connectivity index (χ0v) is 14.9. The second-order valence-corrected chi connectivity index (χ2v) is 6.51. The van der Waals surface area contributed by atoms with Gasteiger partial charge in [-0.2, -0.15) is 0 Å². The minimum absolute atomic E-state index is 0.0405. The number of esters is 1. The Morgan fingerprint density at radius 2 is 1.68 bits per heavy atom. The molecule has 0 aliphatic heterocycles. The van der Waals surface area contributed by atoms with Crippen LogP contribution in [0, 0.1) is 5.41 Å². The molecule has 0 saturated carbocycles. The van der Waals surface area contributed by atoms with Crippen LogP contribution in [0.5, 0.6) is 5.75 Å². The van der Waals surface area contributed by atoms with Crippen molar-refractivity contribution in [3.63, 3.8) is 0 Å². The van der Waals surface area contributed by atoms with Gasteiger partial charge in [-0.05, 0) is 32.8 Å². The Hall–Kier alpha value is -1.51. The van der Waals surface area contributed by atoms with Crippen LogP contribution < -0.4 is 4.74 Å². The number of carbonyl (C=O) groups excluding carboxylic acids is 1. The predicted molar refractivity (Wildman–Crippen MR) is 90.2 cm³/mol. The van der Waals surface area contributed by atoms with Gasteiger partial charge in [0.05, 0.1) is 13.0 Å². The number of benzene rings is 1. The minimum atomic E-state index is -0.285. The van der Waals surface area contributed by atoms with Gasteiger partial charge in [-0.3, -0.25) is 4.79 Å². The molecule has 0 heterocycles. The number of carbonyl (C=O) groups is 1. The first-order valence-electron chi connectivity index (χ1n) is 8.22. The first-order chi connectivity index (χ1) is 10.3. The van der Waals surface area contributed by atoms with Crippen molar-refractivity contribution < 1.29 is 14.3 Å². The van der Waals surface area contributed by atoms with E-state index in [2.05, 4.69) is 34.6 Å². The van der Waals surface area contributed by atoms with Gasteiger partial charge in [-0.1, -0.05) is 45.9 Å². The average molecular weight is 306 g/mol. The molecule has 0 fully saturated rings. The van der Waals surface area contributed by atoms with Crippen molar-refractivity contribution in [2.45, 2.75) is 66.4 Å². The van der Waals surface area contributed by atoms with E-state index in [1.54, 1.807) is 0 Å². The van der Waals surface area contributed by atoms with Crippen molar-refractivity contribution >= 4 is 5.97 Å². The summed E-state index contributed by atoms with van der Waals surface area (Å²) in [6, 6.07) is 7.74. The van der Waals surface area contributed by atoms with Crippen molar-refractivity contribution in [2.24, 2.45) is 5.41 Å². The molecule has 1 aromatic rings. The maximum Gasteiger partial charge on any atom is 0.310 e. The van der Waals surface area contributed by atoms with E-state index in [4.69, 9.17) is 9.47 Å². The Morgan fingerprint density at radius 1 is 1.05 bits per heavy atom. The number of para-hydroxylation sites is 1. The molecule has 0 bridgehead atoms. The maximum atomic E-state index is 11.8. The van der Waals surface area contributed by atoms with E-state index < -0.39 is 0 Å². The summed E-state index contributed by atoms with van der Waals surface area (Å²) in [6.07, 6.45) is 2.18. The van der Waals surface area contributed by atoms with Gasteiger partial charge in [0, 0.05) is 11.0 Å². The topological polar surface area (TPSA) is 35.5 Å². The molecule has 0 saturated heterocycles. The van der Waals surface area contributed by atoms with Gasteiger partial charge in [-0.25, -0.2) is 0 Å². The summed E-state index contributed by atoms with van der Waals surface area (Å²) < 4.78 is 11.5. The van der Waals surface area contributed by atoms with E-state index in [0.717, 1.165) is 24.2 Å². The van der Waals surface area contributed by atoms with Crippen LogP contribution in [0.2, 0.25) is 0 Å². The molecule has 3 heteroatoms. The molecule has 0 aromatic heterocycles. The lowest BCUT2D eigenvalue weighted by Gasteiger charge is -2.43. The summed E-state index contributed by atoms with van der Waals surface area (Å²) in [5, 5.41) is 0. The summed E-state index contributed by atoms with van der Waals surface area (Å²) in [4.78, 5) is 11.8. The molecule has 0 unspecified atom stereocenters. The quantitative estimate of drug-likeness (QED) is 0.649. The van der Waals surface area contributed by atoms with Gasteiger partial charge in [0.25, 0.3) is 0 Å². The Bertz CT molecular complexity index is 493. The van der Waals surface area contributed by atoms with Gasteiger partial charge < -0.3 is 9.47 Å². The fraction of sp³-hybridized carbons (Fsp3) is 0.632. The molecule has 3 nitrogen and oxygen atoms in total. The van der Waals surface area contributed by atoms with Crippen LogP contribution in [0.15, 0.2) is 24.3 Å². The highest BCUT2D eigenvalue weighted by Gasteiger charge is 2.40. The summed E-state index contributed by atoms with van der Waals surface area (Å²) in [5.41, 5.74) is 0.637. The molecule has 1 rings (SSSR count). The normalized spacial score (nSPS) is 14.3. The Kier molecular flexibility index (Phi) is 6.46. The first kappa shape index (κ1) is 18.5. The largest absolute Gasteiger partial charge is 0.487 e. The van der Waals surface area contributed by atoms with E-state index in [0.29, 0.717) is 6.61 Å². The SMILES string of the molecule is CCOC(=O)Cc1ccccc1O[C@@](C)(CC)C(C)(C)CC. The zero-order chi connectivity index (χ0) is 16.8. The second-order valence-electron chi connectivity index (χ2n) is 6.51. The monoisotopic (exact) mass is 306 g/mol. The van der Waals surface area contributed by atoms with E-state index in [-0.39, 0.29) is 23.4 Å². The van der Waals surface area contributed by atoms with Gasteiger partial charge in [0.1, 0.15) is 11.4 Å². The molecule has 0 radical (unpaired) electrons. The maximum absolute atomic E-state index is 11.8. The van der Waals surface area contributed by atoms with Crippen LogP contribution in [0.1, 0.15) is 59.9 Å². The summed E-state index contributed by atoms with van der Waals surface area (Å²) in [5.74, 6) is 0.563. The lowest BCUT2D eigenvalue weighted by molar-refractivity contribution is -0.142. The van der Waals surface area contributed by atoms with Crippen molar-refractivity contribution in [1.82, 2.24) is 0 Å². The van der Waals surface area contributed by atoms with Gasteiger partial charge >= 0.3 is 5.97 Å². The van der Waals surface area contributed by atoms with Crippen molar-refractivity contribution in [3.8, 4) is 5.75 Å². The van der Waals surface area contributed by atoms with Crippen LogP contribution in [-0.2, 0) is 16.0 Å². The van der Waals surface area contributed by atoms with E-state index in [1.807, 2.05) is 31.2 Å². The number of rotatable bonds is 8. The van der Waals surface area contributed by atoms with Gasteiger partial charge in [-0.15, -0.1) is 0 Å². The fourth-order valence-corrected chi connectivity index (χ4v) is 2.42. The molecular formula is C19H30O3. The third kappa shape index (κ3) is 4.25. The van der Waals surface area contributed by atoms with Crippen molar-refractivity contribution in [2.75, 3.05) is 6.61 Å². The highest BCUT2D eigenvalue weighted by atomic mass is 16.5. The van der Waals surface area contributed by atoms with E-state index in [9.17, 15) is 4.79 Å². The second kappa shape index (κ2) is 7.66. The standard InChI is InChI=1S/C19H30O3/c1-7-18(4,5)19(6,8-2)22-16-13-11-10-12-15(16)14-17(20)21-9-3/h10-13H,7-9,14H2,1-6H3/t19-/m0/s1. The Labute approximate surface area is 135 Å². The summed E-state index contributed by atoms with van der Waals surface area (Å²) in [6.45, 7) is 13.1.